The fraction of sp³-hybridized carbons (Fsp3) is 0.778. The number of rotatable bonds is 0. The van der Waals surface area contributed by atoms with E-state index in [1.165, 1.54) is 6.42 Å². The third-order valence-corrected chi connectivity index (χ3v) is 3.52. The molecule has 0 saturated carbocycles. The third kappa shape index (κ3) is 2.09. The average molecular weight is 156 g/mol. The summed E-state index contributed by atoms with van der Waals surface area (Å²) in [5, 5.41) is 1.01. The molecule has 1 heteroatoms. The van der Waals surface area contributed by atoms with E-state index in [2.05, 4.69) is 39.8 Å². The van der Waals surface area contributed by atoms with Crippen molar-refractivity contribution in [2.75, 3.05) is 0 Å². The van der Waals surface area contributed by atoms with Crippen molar-refractivity contribution in [3.05, 3.63) is 12.2 Å². The zero-order valence-corrected chi connectivity index (χ0v) is 8.36. The lowest BCUT2D eigenvalue weighted by Gasteiger charge is -2.36. The fourth-order valence-electron chi connectivity index (χ4n) is 1.61. The van der Waals surface area contributed by atoms with Gasteiger partial charge >= 0.3 is 0 Å². The molecule has 0 spiro atoms. The van der Waals surface area contributed by atoms with E-state index in [-0.39, 0.29) is 0 Å². The van der Waals surface area contributed by atoms with E-state index in [1.54, 1.807) is 0 Å². The van der Waals surface area contributed by atoms with Gasteiger partial charge in [-0.1, -0.05) is 39.8 Å². The molecular formula is C9H17P. The molecule has 0 nitrogen and oxygen atoms in total. The predicted molar refractivity (Wildman–Crippen MR) is 50.2 cm³/mol. The minimum absolute atomic E-state index is 0.460. The van der Waals surface area contributed by atoms with Crippen molar-refractivity contribution in [3.63, 3.8) is 0 Å². The molecule has 0 aromatic rings. The Morgan fingerprint density at radius 1 is 1.20 bits per heavy atom. The average Bonchev–Trinajstić information content (AvgIpc) is 1.56. The van der Waals surface area contributed by atoms with Crippen molar-refractivity contribution in [2.24, 2.45) is 0 Å². The molecule has 0 aliphatic carbocycles. The molecule has 0 N–H and O–H groups in total. The van der Waals surface area contributed by atoms with Gasteiger partial charge in [0.25, 0.3) is 0 Å². The van der Waals surface area contributed by atoms with Crippen LogP contribution in [-0.2, 0) is 0 Å². The van der Waals surface area contributed by atoms with Crippen molar-refractivity contribution < 1.29 is 0 Å². The molecule has 1 rings (SSSR count). The Morgan fingerprint density at radius 2 is 1.80 bits per heavy atom. The lowest BCUT2D eigenvalue weighted by Crippen LogP contribution is -2.24. The van der Waals surface area contributed by atoms with Gasteiger partial charge in [0.05, 0.1) is 0 Å². The summed E-state index contributed by atoms with van der Waals surface area (Å²) in [5.41, 5.74) is 0. The molecule has 0 bridgehead atoms. The molecule has 0 aromatic heterocycles. The van der Waals surface area contributed by atoms with Gasteiger partial charge in [-0.2, -0.15) is 0 Å². The van der Waals surface area contributed by atoms with Gasteiger partial charge in [0, 0.05) is 5.16 Å². The highest BCUT2D eigenvalue weighted by atomic mass is 31.1. The topological polar surface area (TPSA) is 0 Å². The summed E-state index contributed by atoms with van der Waals surface area (Å²) >= 11 is 0. The van der Waals surface area contributed by atoms with Gasteiger partial charge < -0.3 is 0 Å². The molecule has 1 unspecified atom stereocenters. The van der Waals surface area contributed by atoms with Crippen LogP contribution in [-0.4, -0.2) is 10.3 Å². The monoisotopic (exact) mass is 156 g/mol. The summed E-state index contributed by atoms with van der Waals surface area (Å²) in [4.78, 5) is 0. The predicted octanol–water partition coefficient (Wildman–Crippen LogP) is 3.18. The van der Waals surface area contributed by atoms with Crippen LogP contribution in [0.4, 0.5) is 0 Å². The normalized spacial score (nSPS) is 30.8. The number of allylic oxidation sites excluding steroid dienone is 2. The van der Waals surface area contributed by atoms with E-state index < -0.39 is 0 Å². The SMILES string of the molecule is CC1(C)C=CCC(C)(C)P1. The summed E-state index contributed by atoms with van der Waals surface area (Å²) < 4.78 is 0. The van der Waals surface area contributed by atoms with Crippen LogP contribution in [0, 0.1) is 0 Å². The molecular weight excluding hydrogens is 139 g/mol. The van der Waals surface area contributed by atoms with Crippen LogP contribution in [0.3, 0.4) is 0 Å². The summed E-state index contributed by atoms with van der Waals surface area (Å²) in [5.74, 6) is 0. The first-order valence-corrected chi connectivity index (χ1v) is 4.88. The number of hydrogen-bond acceptors (Lipinski definition) is 0. The molecule has 0 radical (unpaired) electrons. The molecule has 1 aliphatic heterocycles. The molecule has 1 atom stereocenters. The Morgan fingerprint density at radius 3 is 2.10 bits per heavy atom. The Hall–Kier alpha value is 0.170. The van der Waals surface area contributed by atoms with Gasteiger partial charge in [0.1, 0.15) is 0 Å². The highest BCUT2D eigenvalue weighted by Crippen LogP contribution is 2.48. The first-order chi connectivity index (χ1) is 4.41. The van der Waals surface area contributed by atoms with E-state index in [0.717, 1.165) is 8.58 Å². The highest BCUT2D eigenvalue weighted by molar-refractivity contribution is 7.42. The lowest BCUT2D eigenvalue weighted by atomic mass is 10.1. The smallest absolute Gasteiger partial charge is 0.000429 e. The highest BCUT2D eigenvalue weighted by Gasteiger charge is 2.28. The second-order valence-electron chi connectivity index (χ2n) is 4.34. The zero-order chi connectivity index (χ0) is 7.83. The molecule has 0 aromatic carbocycles. The standard InChI is InChI=1S/C9H17P/c1-8(2)6-5-7-9(3,4)10-8/h5-6,10H,7H2,1-4H3. The fourth-order valence-corrected chi connectivity index (χ4v) is 3.78. The maximum absolute atomic E-state index is 2.36. The van der Waals surface area contributed by atoms with Gasteiger partial charge in [0.2, 0.25) is 0 Å². The molecule has 1 aliphatic rings. The van der Waals surface area contributed by atoms with Gasteiger partial charge in [-0.15, -0.1) is 8.58 Å². The maximum atomic E-state index is 2.36. The number of hydrogen-bond donors (Lipinski definition) is 0. The Kier molecular flexibility index (Phi) is 1.94. The Labute approximate surface area is 65.9 Å². The lowest BCUT2D eigenvalue weighted by molar-refractivity contribution is 0.674. The van der Waals surface area contributed by atoms with Crippen molar-refractivity contribution >= 4 is 8.58 Å². The van der Waals surface area contributed by atoms with Crippen LogP contribution in [0.2, 0.25) is 0 Å². The zero-order valence-electron chi connectivity index (χ0n) is 7.36. The minimum atomic E-state index is 0.460. The van der Waals surface area contributed by atoms with Crippen LogP contribution >= 0.6 is 8.58 Å². The Bertz CT molecular complexity index is 154. The first-order valence-electron chi connectivity index (χ1n) is 3.88. The summed E-state index contributed by atoms with van der Waals surface area (Å²) in [6, 6.07) is 0. The molecule has 10 heavy (non-hydrogen) atoms. The van der Waals surface area contributed by atoms with Crippen LogP contribution < -0.4 is 0 Å². The second kappa shape index (κ2) is 2.34. The van der Waals surface area contributed by atoms with Crippen LogP contribution in [0.5, 0.6) is 0 Å². The van der Waals surface area contributed by atoms with E-state index in [9.17, 15) is 0 Å². The van der Waals surface area contributed by atoms with Crippen molar-refractivity contribution in [2.45, 2.75) is 44.4 Å². The minimum Gasteiger partial charge on any atom is -0.106 e. The molecule has 0 saturated heterocycles. The van der Waals surface area contributed by atoms with Crippen molar-refractivity contribution in [1.82, 2.24) is 0 Å². The van der Waals surface area contributed by atoms with E-state index in [4.69, 9.17) is 0 Å². The van der Waals surface area contributed by atoms with Gasteiger partial charge in [-0.25, -0.2) is 0 Å². The maximum Gasteiger partial charge on any atom is 0.000429 e. The van der Waals surface area contributed by atoms with Gasteiger partial charge in [-0.05, 0) is 11.6 Å². The molecule has 0 fully saturated rings. The summed E-state index contributed by atoms with van der Waals surface area (Å²) in [6.45, 7) is 9.36. The van der Waals surface area contributed by atoms with Crippen molar-refractivity contribution in [1.29, 1.82) is 0 Å². The van der Waals surface area contributed by atoms with Crippen LogP contribution in [0.1, 0.15) is 34.1 Å². The molecule has 0 amide bonds. The molecule has 1 heterocycles. The van der Waals surface area contributed by atoms with E-state index >= 15 is 0 Å². The quantitative estimate of drug-likeness (QED) is 0.373. The first kappa shape index (κ1) is 8.27. The Balaban J connectivity index is 2.73. The van der Waals surface area contributed by atoms with Gasteiger partial charge in [-0.3, -0.25) is 0 Å². The van der Waals surface area contributed by atoms with E-state index in [1.807, 2.05) is 0 Å². The van der Waals surface area contributed by atoms with Crippen molar-refractivity contribution in [3.8, 4) is 0 Å². The molecule has 58 valence electrons. The van der Waals surface area contributed by atoms with E-state index in [0.29, 0.717) is 10.3 Å². The summed E-state index contributed by atoms with van der Waals surface area (Å²) in [7, 11) is 1.07. The summed E-state index contributed by atoms with van der Waals surface area (Å²) in [6.07, 6.45) is 5.95. The largest absolute Gasteiger partial charge is 0.106 e. The van der Waals surface area contributed by atoms with Crippen LogP contribution in [0.25, 0.3) is 0 Å². The van der Waals surface area contributed by atoms with Gasteiger partial charge in [0.15, 0.2) is 0 Å². The van der Waals surface area contributed by atoms with Crippen LogP contribution in [0.15, 0.2) is 12.2 Å². The second-order valence-corrected chi connectivity index (χ2v) is 7.23. The third-order valence-electron chi connectivity index (χ3n) is 1.82.